The fourth-order valence-corrected chi connectivity index (χ4v) is 1.77. The molecule has 1 aromatic rings. The SMILES string of the molecule is COC(=O)c1c(C)noc1S(=O)(=O)Cl. The number of aryl methyl sites for hydroxylation is 1. The number of rotatable bonds is 2. The van der Waals surface area contributed by atoms with Gasteiger partial charge in [-0.3, -0.25) is 0 Å². The molecule has 8 heteroatoms. The summed E-state index contributed by atoms with van der Waals surface area (Å²) in [5.41, 5.74) is -0.168. The lowest BCUT2D eigenvalue weighted by Crippen LogP contribution is -2.06. The van der Waals surface area contributed by atoms with Crippen molar-refractivity contribution in [3.05, 3.63) is 11.3 Å². The van der Waals surface area contributed by atoms with Crippen molar-refractivity contribution in [2.24, 2.45) is 0 Å². The van der Waals surface area contributed by atoms with Gasteiger partial charge in [-0.15, -0.1) is 0 Å². The van der Waals surface area contributed by atoms with Gasteiger partial charge in [0, 0.05) is 10.7 Å². The van der Waals surface area contributed by atoms with E-state index in [-0.39, 0.29) is 11.3 Å². The molecule has 6 nitrogen and oxygen atoms in total. The van der Waals surface area contributed by atoms with Gasteiger partial charge in [-0.1, -0.05) is 5.16 Å². The van der Waals surface area contributed by atoms with E-state index in [1.807, 2.05) is 0 Å². The lowest BCUT2D eigenvalue weighted by atomic mass is 10.3. The molecule has 0 fully saturated rings. The summed E-state index contributed by atoms with van der Waals surface area (Å²) in [6.07, 6.45) is 0. The summed E-state index contributed by atoms with van der Waals surface area (Å²) in [7, 11) is 1.99. The number of hydrogen-bond acceptors (Lipinski definition) is 6. The van der Waals surface area contributed by atoms with Crippen molar-refractivity contribution in [2.45, 2.75) is 12.0 Å². The van der Waals surface area contributed by atoms with Gasteiger partial charge < -0.3 is 9.26 Å². The summed E-state index contributed by atoms with van der Waals surface area (Å²) in [5.74, 6) is -0.858. The molecule has 1 aromatic heterocycles. The molecule has 0 unspecified atom stereocenters. The molecule has 0 aliphatic carbocycles. The summed E-state index contributed by atoms with van der Waals surface area (Å²) in [6.45, 7) is 1.40. The zero-order valence-corrected chi connectivity index (χ0v) is 8.85. The largest absolute Gasteiger partial charge is 0.465 e. The molecule has 0 amide bonds. The average molecular weight is 240 g/mol. The number of aromatic nitrogens is 1. The average Bonchev–Trinajstić information content (AvgIpc) is 2.45. The number of hydrogen-bond donors (Lipinski definition) is 0. The highest BCUT2D eigenvalue weighted by Crippen LogP contribution is 2.23. The van der Waals surface area contributed by atoms with Gasteiger partial charge in [0.1, 0.15) is 5.56 Å². The molecule has 1 rings (SSSR count). The third-order valence-electron chi connectivity index (χ3n) is 1.44. The molecule has 0 aliphatic heterocycles. The Labute approximate surface area is 84.2 Å². The van der Waals surface area contributed by atoms with E-state index in [1.54, 1.807) is 0 Å². The number of methoxy groups -OCH3 is 1. The fourth-order valence-electron chi connectivity index (χ4n) is 0.848. The van der Waals surface area contributed by atoms with Crippen LogP contribution in [0.4, 0.5) is 0 Å². The van der Waals surface area contributed by atoms with Gasteiger partial charge in [0.15, 0.2) is 0 Å². The van der Waals surface area contributed by atoms with Crippen LogP contribution >= 0.6 is 10.7 Å². The Morgan fingerprint density at radius 2 is 2.14 bits per heavy atom. The first kappa shape index (κ1) is 11.0. The van der Waals surface area contributed by atoms with Crippen LogP contribution in [0.2, 0.25) is 0 Å². The van der Waals surface area contributed by atoms with E-state index in [1.165, 1.54) is 6.92 Å². The Morgan fingerprint density at radius 1 is 1.57 bits per heavy atom. The molecule has 14 heavy (non-hydrogen) atoms. The minimum absolute atomic E-state index is 0.107. The molecule has 0 saturated heterocycles. The van der Waals surface area contributed by atoms with Gasteiger partial charge in [0.05, 0.1) is 12.8 Å². The third kappa shape index (κ3) is 1.88. The molecule has 1 heterocycles. The van der Waals surface area contributed by atoms with E-state index in [9.17, 15) is 13.2 Å². The van der Waals surface area contributed by atoms with Crippen LogP contribution in [-0.4, -0.2) is 26.7 Å². The Hall–Kier alpha value is -1.08. The normalized spacial score (nSPS) is 11.4. The molecule has 0 saturated carbocycles. The second-order valence-electron chi connectivity index (χ2n) is 2.36. The monoisotopic (exact) mass is 239 g/mol. The van der Waals surface area contributed by atoms with E-state index in [4.69, 9.17) is 10.7 Å². The molecule has 78 valence electrons. The highest BCUT2D eigenvalue weighted by molar-refractivity contribution is 8.13. The zero-order valence-electron chi connectivity index (χ0n) is 7.27. The number of nitrogens with zero attached hydrogens (tertiary/aromatic N) is 1. The standard InChI is InChI=1S/C6H6ClNO5S/c1-3-4(5(9)12-2)6(13-8-3)14(7,10)11/h1-2H3. The second kappa shape index (κ2) is 3.58. The molecule has 0 aliphatic rings. The molecule has 0 N–H and O–H groups in total. The third-order valence-corrected chi connectivity index (χ3v) is 2.58. The highest BCUT2D eigenvalue weighted by atomic mass is 35.7. The van der Waals surface area contributed by atoms with Crippen molar-refractivity contribution in [2.75, 3.05) is 7.11 Å². The quantitative estimate of drug-likeness (QED) is 0.558. The van der Waals surface area contributed by atoms with Crippen LogP contribution in [0.3, 0.4) is 0 Å². The number of halogens is 1. The first-order valence-electron chi connectivity index (χ1n) is 3.37. The molecular weight excluding hydrogens is 234 g/mol. The van der Waals surface area contributed by atoms with Crippen LogP contribution in [-0.2, 0) is 13.8 Å². The molecule has 0 spiro atoms. The van der Waals surface area contributed by atoms with Gasteiger partial charge in [-0.2, -0.15) is 0 Å². The van der Waals surface area contributed by atoms with Crippen LogP contribution in [0.25, 0.3) is 0 Å². The topological polar surface area (TPSA) is 86.5 Å². The molecule has 0 atom stereocenters. The Balaban J connectivity index is 3.42. The van der Waals surface area contributed by atoms with E-state index < -0.39 is 20.1 Å². The maximum absolute atomic E-state index is 11.1. The minimum Gasteiger partial charge on any atom is -0.465 e. The maximum Gasteiger partial charge on any atom is 0.344 e. The van der Waals surface area contributed by atoms with E-state index in [0.29, 0.717) is 0 Å². The van der Waals surface area contributed by atoms with Crippen molar-refractivity contribution in [1.29, 1.82) is 0 Å². The Bertz CT molecular complexity index is 463. The first-order valence-corrected chi connectivity index (χ1v) is 5.68. The van der Waals surface area contributed by atoms with Crippen LogP contribution in [0.1, 0.15) is 16.1 Å². The van der Waals surface area contributed by atoms with Crippen molar-refractivity contribution in [1.82, 2.24) is 5.16 Å². The van der Waals surface area contributed by atoms with Crippen molar-refractivity contribution < 1.29 is 22.5 Å². The van der Waals surface area contributed by atoms with Gasteiger partial charge in [-0.25, -0.2) is 13.2 Å². The summed E-state index contributed by atoms with van der Waals surface area (Å²) in [6, 6.07) is 0. The predicted molar refractivity (Wildman–Crippen MR) is 45.6 cm³/mol. The molecule has 0 radical (unpaired) electrons. The van der Waals surface area contributed by atoms with Crippen molar-refractivity contribution in [3.8, 4) is 0 Å². The van der Waals surface area contributed by atoms with E-state index in [0.717, 1.165) is 7.11 Å². The Kier molecular flexibility index (Phi) is 2.81. The second-order valence-corrected chi connectivity index (χ2v) is 4.83. The van der Waals surface area contributed by atoms with E-state index >= 15 is 0 Å². The number of esters is 1. The number of carbonyl (C=O) groups excluding carboxylic acids is 1. The summed E-state index contributed by atoms with van der Waals surface area (Å²) in [5, 5.41) is 2.62. The minimum atomic E-state index is -4.13. The van der Waals surface area contributed by atoms with Gasteiger partial charge in [0.25, 0.3) is 14.1 Å². The lowest BCUT2D eigenvalue weighted by Gasteiger charge is -1.96. The summed E-state index contributed by atoms with van der Waals surface area (Å²) < 4.78 is 30.6. The van der Waals surface area contributed by atoms with Gasteiger partial charge >= 0.3 is 5.97 Å². The van der Waals surface area contributed by atoms with Crippen LogP contribution in [0.5, 0.6) is 0 Å². The smallest absolute Gasteiger partial charge is 0.344 e. The zero-order chi connectivity index (χ0) is 10.9. The van der Waals surface area contributed by atoms with Gasteiger partial charge in [-0.05, 0) is 6.92 Å². The Morgan fingerprint density at radius 3 is 2.57 bits per heavy atom. The van der Waals surface area contributed by atoms with Crippen LogP contribution in [0.15, 0.2) is 9.62 Å². The predicted octanol–water partition coefficient (Wildman–Crippen LogP) is 0.697. The van der Waals surface area contributed by atoms with Crippen LogP contribution in [0, 0.1) is 6.92 Å². The van der Waals surface area contributed by atoms with Crippen molar-refractivity contribution in [3.63, 3.8) is 0 Å². The number of ether oxygens (including phenoxy) is 1. The highest BCUT2D eigenvalue weighted by Gasteiger charge is 2.29. The molecule has 0 bridgehead atoms. The number of carbonyl (C=O) groups is 1. The lowest BCUT2D eigenvalue weighted by molar-refractivity contribution is 0.0592. The fraction of sp³-hybridized carbons (Fsp3) is 0.333. The summed E-state index contributed by atoms with van der Waals surface area (Å²) in [4.78, 5) is 11.1. The van der Waals surface area contributed by atoms with Gasteiger partial charge in [0.2, 0.25) is 0 Å². The van der Waals surface area contributed by atoms with E-state index in [2.05, 4.69) is 14.4 Å². The maximum atomic E-state index is 11.1. The molecular formula is C6H6ClNO5S. The summed E-state index contributed by atoms with van der Waals surface area (Å²) >= 11 is 0. The molecule has 0 aromatic carbocycles. The first-order chi connectivity index (χ1) is 6.38. The van der Waals surface area contributed by atoms with Crippen molar-refractivity contribution >= 4 is 25.7 Å². The van der Waals surface area contributed by atoms with Crippen LogP contribution < -0.4 is 0 Å².